The van der Waals surface area contributed by atoms with E-state index in [2.05, 4.69) is 39.4 Å². The highest BCUT2D eigenvalue weighted by molar-refractivity contribution is 5.94. The van der Waals surface area contributed by atoms with Crippen molar-refractivity contribution in [2.75, 3.05) is 52.3 Å². The average Bonchev–Trinajstić information content (AvgIpc) is 2.93. The number of anilines is 1. The third-order valence-electron chi connectivity index (χ3n) is 4.98. The number of nitrogens with zero attached hydrogens (tertiary/aromatic N) is 2. The SMILES string of the molecule is COc1ccc(OC)c(NC(=O)CN2CCCN(Cc3ccccc3)CC2)c1. The summed E-state index contributed by atoms with van der Waals surface area (Å²) >= 11 is 0. The van der Waals surface area contributed by atoms with Crippen molar-refractivity contribution in [2.24, 2.45) is 0 Å². The molecule has 1 aliphatic heterocycles. The molecule has 1 heterocycles. The maximum absolute atomic E-state index is 12.6. The van der Waals surface area contributed by atoms with E-state index in [1.165, 1.54) is 5.56 Å². The van der Waals surface area contributed by atoms with Gasteiger partial charge in [0.15, 0.2) is 0 Å². The number of amides is 1. The van der Waals surface area contributed by atoms with Crippen LogP contribution in [0.4, 0.5) is 5.69 Å². The Labute approximate surface area is 167 Å². The topological polar surface area (TPSA) is 54.0 Å². The zero-order valence-corrected chi connectivity index (χ0v) is 16.7. The molecule has 1 N–H and O–H groups in total. The number of hydrogen-bond acceptors (Lipinski definition) is 5. The molecule has 1 saturated heterocycles. The first-order valence-electron chi connectivity index (χ1n) is 9.68. The lowest BCUT2D eigenvalue weighted by Crippen LogP contribution is -2.36. The molecule has 150 valence electrons. The molecule has 2 aromatic rings. The number of nitrogens with one attached hydrogen (secondary N) is 1. The molecule has 6 heteroatoms. The Morgan fingerprint density at radius 2 is 1.71 bits per heavy atom. The van der Waals surface area contributed by atoms with E-state index >= 15 is 0 Å². The van der Waals surface area contributed by atoms with Gasteiger partial charge >= 0.3 is 0 Å². The molecule has 0 saturated carbocycles. The first-order chi connectivity index (χ1) is 13.7. The van der Waals surface area contributed by atoms with Crippen LogP contribution in [0.2, 0.25) is 0 Å². The fourth-order valence-corrected chi connectivity index (χ4v) is 3.49. The standard InChI is InChI=1S/C22H29N3O3/c1-27-19-9-10-21(28-2)20(15-19)23-22(26)17-25-12-6-11-24(13-14-25)16-18-7-4-3-5-8-18/h3-5,7-10,15H,6,11-14,16-17H2,1-2H3,(H,23,26). The molecule has 3 rings (SSSR count). The summed E-state index contributed by atoms with van der Waals surface area (Å²) in [6.45, 7) is 5.16. The number of carbonyl (C=O) groups is 1. The van der Waals surface area contributed by atoms with Gasteiger partial charge < -0.3 is 14.8 Å². The fourth-order valence-electron chi connectivity index (χ4n) is 3.49. The van der Waals surface area contributed by atoms with E-state index in [0.29, 0.717) is 23.7 Å². The number of benzene rings is 2. The number of rotatable bonds is 7. The van der Waals surface area contributed by atoms with Crippen LogP contribution in [0.1, 0.15) is 12.0 Å². The van der Waals surface area contributed by atoms with Gasteiger partial charge in [-0.1, -0.05) is 30.3 Å². The second-order valence-corrected chi connectivity index (χ2v) is 7.01. The molecule has 0 unspecified atom stereocenters. The summed E-state index contributed by atoms with van der Waals surface area (Å²) in [5.41, 5.74) is 1.96. The van der Waals surface area contributed by atoms with Crippen molar-refractivity contribution in [2.45, 2.75) is 13.0 Å². The molecular formula is C22H29N3O3. The van der Waals surface area contributed by atoms with E-state index in [1.54, 1.807) is 26.4 Å². The van der Waals surface area contributed by atoms with E-state index in [9.17, 15) is 4.79 Å². The zero-order valence-electron chi connectivity index (χ0n) is 16.7. The van der Waals surface area contributed by atoms with Crippen molar-refractivity contribution in [1.82, 2.24) is 9.80 Å². The molecule has 0 spiro atoms. The summed E-state index contributed by atoms with van der Waals surface area (Å²) in [5, 5.41) is 2.96. The van der Waals surface area contributed by atoms with Crippen LogP contribution in [0.5, 0.6) is 11.5 Å². The Bertz CT molecular complexity index is 767. The summed E-state index contributed by atoms with van der Waals surface area (Å²) in [5.74, 6) is 1.27. The van der Waals surface area contributed by atoms with E-state index in [4.69, 9.17) is 9.47 Å². The van der Waals surface area contributed by atoms with Crippen LogP contribution < -0.4 is 14.8 Å². The summed E-state index contributed by atoms with van der Waals surface area (Å²) in [4.78, 5) is 17.2. The summed E-state index contributed by atoms with van der Waals surface area (Å²) in [7, 11) is 3.19. The molecule has 1 amide bonds. The van der Waals surface area contributed by atoms with Crippen LogP contribution in [0, 0.1) is 0 Å². The summed E-state index contributed by atoms with van der Waals surface area (Å²) in [6, 6.07) is 15.9. The van der Waals surface area contributed by atoms with Gasteiger partial charge in [-0.2, -0.15) is 0 Å². The van der Waals surface area contributed by atoms with Crippen molar-refractivity contribution >= 4 is 11.6 Å². The van der Waals surface area contributed by atoms with Crippen LogP contribution in [0.15, 0.2) is 48.5 Å². The molecule has 28 heavy (non-hydrogen) atoms. The Morgan fingerprint density at radius 3 is 2.46 bits per heavy atom. The Balaban J connectivity index is 1.52. The fraction of sp³-hybridized carbons (Fsp3) is 0.409. The number of carbonyl (C=O) groups excluding carboxylic acids is 1. The zero-order chi connectivity index (χ0) is 19.8. The number of ether oxygens (including phenoxy) is 2. The van der Waals surface area contributed by atoms with E-state index < -0.39 is 0 Å². The molecule has 1 fully saturated rings. The van der Waals surface area contributed by atoms with Gasteiger partial charge in [0.2, 0.25) is 5.91 Å². The molecule has 0 bridgehead atoms. The quantitative estimate of drug-likeness (QED) is 0.797. The minimum absolute atomic E-state index is 0.0388. The predicted octanol–water partition coefficient (Wildman–Crippen LogP) is 2.85. The lowest BCUT2D eigenvalue weighted by Gasteiger charge is -2.21. The van der Waals surface area contributed by atoms with E-state index in [-0.39, 0.29) is 5.91 Å². The van der Waals surface area contributed by atoms with Crippen molar-refractivity contribution in [1.29, 1.82) is 0 Å². The Hall–Kier alpha value is -2.57. The van der Waals surface area contributed by atoms with Gasteiger partial charge in [0.05, 0.1) is 26.5 Å². The summed E-state index contributed by atoms with van der Waals surface area (Å²) < 4.78 is 10.6. The summed E-state index contributed by atoms with van der Waals surface area (Å²) in [6.07, 6.45) is 1.06. The van der Waals surface area contributed by atoms with E-state index in [0.717, 1.165) is 39.1 Å². The Kier molecular flexibility index (Phi) is 7.28. The molecule has 0 aliphatic carbocycles. The van der Waals surface area contributed by atoms with Gasteiger partial charge in [0.1, 0.15) is 11.5 Å². The third kappa shape index (κ3) is 5.71. The molecule has 0 aromatic heterocycles. The molecule has 1 aliphatic rings. The van der Waals surface area contributed by atoms with Crippen LogP contribution >= 0.6 is 0 Å². The molecule has 0 atom stereocenters. The lowest BCUT2D eigenvalue weighted by molar-refractivity contribution is -0.117. The van der Waals surface area contributed by atoms with Crippen molar-refractivity contribution in [3.05, 3.63) is 54.1 Å². The van der Waals surface area contributed by atoms with E-state index in [1.807, 2.05) is 12.1 Å². The molecular weight excluding hydrogens is 354 g/mol. The number of hydrogen-bond donors (Lipinski definition) is 1. The van der Waals surface area contributed by atoms with Crippen LogP contribution in [-0.2, 0) is 11.3 Å². The van der Waals surface area contributed by atoms with Crippen molar-refractivity contribution in [3.8, 4) is 11.5 Å². The lowest BCUT2D eigenvalue weighted by atomic mass is 10.2. The minimum atomic E-state index is -0.0388. The first kappa shape index (κ1) is 20.2. The third-order valence-corrected chi connectivity index (χ3v) is 4.98. The maximum atomic E-state index is 12.6. The second-order valence-electron chi connectivity index (χ2n) is 7.01. The molecule has 0 radical (unpaired) electrons. The highest BCUT2D eigenvalue weighted by Crippen LogP contribution is 2.28. The largest absolute Gasteiger partial charge is 0.497 e. The minimum Gasteiger partial charge on any atom is -0.497 e. The molecule has 2 aromatic carbocycles. The van der Waals surface area contributed by atoms with Gasteiger partial charge in [0.25, 0.3) is 0 Å². The van der Waals surface area contributed by atoms with Gasteiger partial charge in [0, 0.05) is 25.7 Å². The molecule has 6 nitrogen and oxygen atoms in total. The highest BCUT2D eigenvalue weighted by atomic mass is 16.5. The van der Waals surface area contributed by atoms with Gasteiger partial charge in [-0.05, 0) is 37.2 Å². The first-order valence-corrected chi connectivity index (χ1v) is 9.68. The smallest absolute Gasteiger partial charge is 0.238 e. The van der Waals surface area contributed by atoms with Crippen molar-refractivity contribution in [3.63, 3.8) is 0 Å². The van der Waals surface area contributed by atoms with Gasteiger partial charge in [-0.25, -0.2) is 0 Å². The Morgan fingerprint density at radius 1 is 0.964 bits per heavy atom. The monoisotopic (exact) mass is 383 g/mol. The van der Waals surface area contributed by atoms with Crippen LogP contribution in [0.25, 0.3) is 0 Å². The van der Waals surface area contributed by atoms with Gasteiger partial charge in [-0.15, -0.1) is 0 Å². The van der Waals surface area contributed by atoms with Gasteiger partial charge in [-0.3, -0.25) is 14.6 Å². The second kappa shape index (κ2) is 10.1. The average molecular weight is 383 g/mol. The van der Waals surface area contributed by atoms with Crippen LogP contribution in [0.3, 0.4) is 0 Å². The highest BCUT2D eigenvalue weighted by Gasteiger charge is 2.18. The predicted molar refractivity (Wildman–Crippen MR) is 111 cm³/mol. The maximum Gasteiger partial charge on any atom is 0.238 e. The normalized spacial score (nSPS) is 15.6. The number of methoxy groups -OCH3 is 2. The van der Waals surface area contributed by atoms with Crippen LogP contribution in [-0.4, -0.2) is 62.7 Å². The van der Waals surface area contributed by atoms with Crippen molar-refractivity contribution < 1.29 is 14.3 Å².